The summed E-state index contributed by atoms with van der Waals surface area (Å²) in [5.41, 5.74) is 1.14. The van der Waals surface area contributed by atoms with Gasteiger partial charge in [0.15, 0.2) is 11.9 Å². The number of aliphatic hydroxyl groups is 1. The van der Waals surface area contributed by atoms with Crippen molar-refractivity contribution in [2.24, 2.45) is 0 Å². The Morgan fingerprint density at radius 1 is 1.11 bits per heavy atom. The quantitative estimate of drug-likeness (QED) is 0.861. The number of benzene rings is 1. The Hall–Kier alpha value is -1.66. The molecule has 0 aliphatic carbocycles. The first-order chi connectivity index (χ1) is 13.5. The molecule has 0 saturated carbocycles. The predicted octanol–water partition coefficient (Wildman–Crippen LogP) is 3.35. The number of likely N-dealkylation sites (tertiary alicyclic amines) is 1. The molecule has 3 heterocycles. The van der Waals surface area contributed by atoms with E-state index in [1.54, 1.807) is 0 Å². The zero-order valence-electron chi connectivity index (χ0n) is 16.8. The van der Waals surface area contributed by atoms with Crippen LogP contribution in [0, 0.1) is 0 Å². The van der Waals surface area contributed by atoms with Gasteiger partial charge in [-0.1, -0.05) is 48.9 Å². The summed E-state index contributed by atoms with van der Waals surface area (Å²) in [5, 5.41) is 11.2. The standard InChI is InChI=1S/C23H31NO4/c1-23(2)26-16-19(28-23)22-21(25)20(24-14-7-4-8-15-24)18(27-22)13-9-12-17-10-5-3-6-11-17/h3,5-6,9-13,19-22,25H,4,7-8,14-16H2,1-2H3/b12-9+,18-13-/t19-,20+,21-,22-/m1/s1. The van der Waals surface area contributed by atoms with E-state index in [0.717, 1.165) is 37.3 Å². The molecular weight excluding hydrogens is 354 g/mol. The summed E-state index contributed by atoms with van der Waals surface area (Å²) in [6, 6.07) is 10.1. The molecule has 0 radical (unpaired) electrons. The maximum Gasteiger partial charge on any atom is 0.163 e. The molecule has 4 atom stereocenters. The largest absolute Gasteiger partial charge is 0.487 e. The Morgan fingerprint density at radius 2 is 1.86 bits per heavy atom. The molecule has 3 fully saturated rings. The molecule has 1 aromatic rings. The highest BCUT2D eigenvalue weighted by Gasteiger charge is 2.51. The van der Waals surface area contributed by atoms with Gasteiger partial charge in [0.25, 0.3) is 0 Å². The number of hydrogen-bond donors (Lipinski definition) is 1. The Morgan fingerprint density at radius 3 is 2.54 bits per heavy atom. The Kier molecular flexibility index (Phi) is 5.88. The van der Waals surface area contributed by atoms with E-state index in [2.05, 4.69) is 23.1 Å². The summed E-state index contributed by atoms with van der Waals surface area (Å²) in [4.78, 5) is 2.36. The van der Waals surface area contributed by atoms with Crippen LogP contribution in [-0.4, -0.2) is 59.8 Å². The van der Waals surface area contributed by atoms with Gasteiger partial charge in [0.1, 0.15) is 18.0 Å². The van der Waals surface area contributed by atoms with Crippen LogP contribution in [0.5, 0.6) is 0 Å². The van der Waals surface area contributed by atoms with Gasteiger partial charge in [-0.25, -0.2) is 0 Å². The van der Waals surface area contributed by atoms with Gasteiger partial charge in [-0.2, -0.15) is 0 Å². The van der Waals surface area contributed by atoms with Gasteiger partial charge < -0.3 is 19.3 Å². The van der Waals surface area contributed by atoms with Crippen LogP contribution in [0.3, 0.4) is 0 Å². The lowest BCUT2D eigenvalue weighted by molar-refractivity contribution is -0.156. The molecule has 3 aliphatic heterocycles. The first-order valence-electron chi connectivity index (χ1n) is 10.4. The van der Waals surface area contributed by atoms with Crippen LogP contribution in [-0.2, 0) is 14.2 Å². The van der Waals surface area contributed by atoms with Gasteiger partial charge in [-0.3, -0.25) is 4.90 Å². The maximum atomic E-state index is 11.2. The van der Waals surface area contributed by atoms with Crippen molar-refractivity contribution in [2.75, 3.05) is 19.7 Å². The molecule has 3 saturated heterocycles. The molecule has 5 heteroatoms. The topological polar surface area (TPSA) is 51.2 Å². The molecule has 0 amide bonds. The summed E-state index contributed by atoms with van der Waals surface area (Å²) in [6.45, 7) is 6.22. The lowest BCUT2D eigenvalue weighted by atomic mass is 9.99. The maximum absolute atomic E-state index is 11.2. The second-order valence-electron chi connectivity index (χ2n) is 8.32. The molecule has 0 unspecified atom stereocenters. The molecule has 3 aliphatic rings. The monoisotopic (exact) mass is 385 g/mol. The number of aliphatic hydroxyl groups excluding tert-OH is 1. The van der Waals surface area contributed by atoms with E-state index in [-0.39, 0.29) is 12.1 Å². The lowest BCUT2D eigenvalue weighted by Gasteiger charge is -2.33. The number of rotatable bonds is 4. The zero-order valence-corrected chi connectivity index (χ0v) is 16.8. The van der Waals surface area contributed by atoms with E-state index in [1.165, 1.54) is 6.42 Å². The second kappa shape index (κ2) is 8.37. The predicted molar refractivity (Wildman–Crippen MR) is 109 cm³/mol. The first-order valence-corrected chi connectivity index (χ1v) is 10.4. The van der Waals surface area contributed by atoms with Crippen molar-refractivity contribution in [1.29, 1.82) is 0 Å². The van der Waals surface area contributed by atoms with Gasteiger partial charge in [0.2, 0.25) is 0 Å². The fourth-order valence-corrected chi connectivity index (χ4v) is 4.37. The average molecular weight is 386 g/mol. The summed E-state index contributed by atoms with van der Waals surface area (Å²) in [5.74, 6) is 0.188. The molecule has 152 valence electrons. The first kappa shape index (κ1) is 19.6. The van der Waals surface area contributed by atoms with E-state index in [0.29, 0.717) is 6.61 Å². The minimum absolute atomic E-state index is 0.127. The highest BCUT2D eigenvalue weighted by molar-refractivity contribution is 5.51. The van der Waals surface area contributed by atoms with Crippen molar-refractivity contribution in [3.63, 3.8) is 0 Å². The van der Waals surface area contributed by atoms with E-state index >= 15 is 0 Å². The van der Waals surface area contributed by atoms with E-state index in [9.17, 15) is 5.11 Å². The van der Waals surface area contributed by atoms with Gasteiger partial charge in [0.05, 0.1) is 12.6 Å². The normalized spacial score (nSPS) is 34.9. The molecule has 1 aromatic carbocycles. The highest BCUT2D eigenvalue weighted by atomic mass is 16.8. The molecule has 5 nitrogen and oxygen atoms in total. The molecule has 28 heavy (non-hydrogen) atoms. The van der Waals surface area contributed by atoms with Crippen molar-refractivity contribution in [3.8, 4) is 0 Å². The van der Waals surface area contributed by atoms with Crippen LogP contribution in [0.1, 0.15) is 38.7 Å². The van der Waals surface area contributed by atoms with Crippen LogP contribution in [0.15, 0.2) is 48.2 Å². The van der Waals surface area contributed by atoms with Crippen molar-refractivity contribution >= 4 is 6.08 Å². The SMILES string of the molecule is CC1(C)OC[C@H]([C@H]2O/C(=C\C=C\c3ccccc3)[C@H](N3CCCCC3)[C@H]2O)O1. The number of nitrogens with zero attached hydrogens (tertiary/aromatic N) is 1. The third kappa shape index (κ3) is 4.33. The minimum atomic E-state index is -0.631. The lowest BCUT2D eigenvalue weighted by Crippen LogP contribution is -2.49. The Balaban J connectivity index is 1.54. The third-order valence-corrected chi connectivity index (χ3v) is 5.75. The van der Waals surface area contributed by atoms with Crippen LogP contribution in [0.25, 0.3) is 6.08 Å². The molecule has 1 N–H and O–H groups in total. The minimum Gasteiger partial charge on any atom is -0.487 e. The third-order valence-electron chi connectivity index (χ3n) is 5.75. The van der Waals surface area contributed by atoms with Crippen molar-refractivity contribution in [2.45, 2.75) is 63.3 Å². The number of allylic oxidation sites excluding steroid dienone is 2. The van der Waals surface area contributed by atoms with Crippen LogP contribution < -0.4 is 0 Å². The fourth-order valence-electron chi connectivity index (χ4n) is 4.37. The summed E-state index contributed by atoms with van der Waals surface area (Å²) < 4.78 is 18.0. The fraction of sp³-hybridized carbons (Fsp3) is 0.565. The Labute approximate surface area is 167 Å². The number of ether oxygens (including phenoxy) is 3. The molecule has 4 rings (SSSR count). The van der Waals surface area contributed by atoms with Gasteiger partial charge in [0, 0.05) is 0 Å². The number of hydrogen-bond acceptors (Lipinski definition) is 5. The zero-order chi connectivity index (χ0) is 19.6. The average Bonchev–Trinajstić information content (AvgIpc) is 3.22. The molecule has 0 spiro atoms. The van der Waals surface area contributed by atoms with Crippen LogP contribution >= 0.6 is 0 Å². The van der Waals surface area contributed by atoms with E-state index in [4.69, 9.17) is 14.2 Å². The van der Waals surface area contributed by atoms with Gasteiger partial charge >= 0.3 is 0 Å². The van der Waals surface area contributed by atoms with Gasteiger partial charge in [-0.15, -0.1) is 0 Å². The molecule has 0 bridgehead atoms. The van der Waals surface area contributed by atoms with Crippen molar-refractivity contribution in [3.05, 3.63) is 53.8 Å². The van der Waals surface area contributed by atoms with E-state index < -0.39 is 18.0 Å². The molecule has 0 aromatic heterocycles. The molecular formula is C23H31NO4. The van der Waals surface area contributed by atoms with Gasteiger partial charge in [-0.05, 0) is 51.4 Å². The highest BCUT2D eigenvalue weighted by Crippen LogP contribution is 2.36. The summed E-state index contributed by atoms with van der Waals surface area (Å²) >= 11 is 0. The smallest absolute Gasteiger partial charge is 0.163 e. The van der Waals surface area contributed by atoms with Crippen LogP contribution in [0.4, 0.5) is 0 Å². The Bertz CT molecular complexity index is 709. The number of piperidine rings is 1. The van der Waals surface area contributed by atoms with Crippen molar-refractivity contribution in [1.82, 2.24) is 4.90 Å². The second-order valence-corrected chi connectivity index (χ2v) is 8.32. The summed E-state index contributed by atoms with van der Waals surface area (Å²) in [7, 11) is 0. The van der Waals surface area contributed by atoms with E-state index in [1.807, 2.05) is 44.2 Å². The summed E-state index contributed by atoms with van der Waals surface area (Å²) in [6.07, 6.45) is 8.34. The van der Waals surface area contributed by atoms with Crippen LogP contribution in [0.2, 0.25) is 0 Å². The van der Waals surface area contributed by atoms with Crippen molar-refractivity contribution < 1.29 is 19.3 Å².